The minimum absolute atomic E-state index is 0.228. The molecule has 1 heterocycles. The van der Waals surface area contributed by atoms with Crippen LogP contribution in [0.1, 0.15) is 26.3 Å². The zero-order valence-electron chi connectivity index (χ0n) is 12.2. The predicted molar refractivity (Wildman–Crippen MR) is 72.8 cm³/mol. The quantitative estimate of drug-likeness (QED) is 0.776. The van der Waals surface area contributed by atoms with Crippen molar-refractivity contribution in [2.45, 2.75) is 33.9 Å². The fraction of sp³-hybridized carbons (Fsp3) is 0.583. The maximum atomic E-state index is 10.6. The number of nitrogens with zero attached hydrogens (tertiary/aromatic N) is 2. The number of aryl methyl sites for hydroxylation is 1. The molecule has 120 valence electrons. The van der Waals surface area contributed by atoms with Crippen LogP contribution in [-0.2, 0) is 4.79 Å². The summed E-state index contributed by atoms with van der Waals surface area (Å²) in [6, 6.07) is 0. The molecule has 4 N–H and O–H groups in total. The lowest BCUT2D eigenvalue weighted by molar-refractivity contribution is -0.192. The third kappa shape index (κ3) is 8.66. The van der Waals surface area contributed by atoms with Gasteiger partial charge in [0, 0.05) is 18.3 Å². The van der Waals surface area contributed by atoms with Gasteiger partial charge < -0.3 is 16.2 Å². The smallest absolute Gasteiger partial charge is 0.475 e. The summed E-state index contributed by atoms with van der Waals surface area (Å²) in [6.45, 7) is 9.33. The van der Waals surface area contributed by atoms with Crippen LogP contribution in [0.5, 0.6) is 0 Å². The molecule has 0 aliphatic heterocycles. The molecule has 0 atom stereocenters. The van der Waals surface area contributed by atoms with Gasteiger partial charge in [-0.2, -0.15) is 18.2 Å². The minimum atomic E-state index is -5.08. The molecule has 0 unspecified atom stereocenters. The number of carboxylic acids is 1. The van der Waals surface area contributed by atoms with Crippen LogP contribution < -0.4 is 11.1 Å². The van der Waals surface area contributed by atoms with Gasteiger partial charge >= 0.3 is 12.1 Å². The standard InChI is InChI=1S/C10H18N4.C2HF3O2/c1-7-5-12-9(11)14-8(7)13-6-10(2,3)4;3-2(4,5)1(6)7/h5H,6H2,1-4H3,(H3,11,12,13,14);(H,6,7). The van der Waals surface area contributed by atoms with E-state index in [1.807, 2.05) is 6.92 Å². The topological polar surface area (TPSA) is 101 Å². The van der Waals surface area contributed by atoms with E-state index in [9.17, 15) is 13.2 Å². The Kier molecular flexibility index (Phi) is 6.40. The van der Waals surface area contributed by atoms with Gasteiger partial charge in [-0.1, -0.05) is 20.8 Å². The molecule has 1 rings (SSSR count). The van der Waals surface area contributed by atoms with E-state index in [-0.39, 0.29) is 5.41 Å². The van der Waals surface area contributed by atoms with Gasteiger partial charge in [0.1, 0.15) is 5.82 Å². The van der Waals surface area contributed by atoms with Crippen LogP contribution in [0.4, 0.5) is 24.9 Å². The van der Waals surface area contributed by atoms with Crippen LogP contribution in [0.15, 0.2) is 6.20 Å². The number of halogens is 3. The van der Waals surface area contributed by atoms with Crippen molar-refractivity contribution in [3.05, 3.63) is 11.8 Å². The number of nitrogens with two attached hydrogens (primary N) is 1. The van der Waals surface area contributed by atoms with Crippen LogP contribution in [0.25, 0.3) is 0 Å². The summed E-state index contributed by atoms with van der Waals surface area (Å²) in [5.41, 5.74) is 6.75. The third-order valence-corrected chi connectivity index (χ3v) is 2.02. The Bertz CT molecular complexity index is 484. The first-order chi connectivity index (χ1) is 9.33. The largest absolute Gasteiger partial charge is 0.490 e. The number of rotatable bonds is 2. The van der Waals surface area contributed by atoms with Crippen LogP contribution in [0.3, 0.4) is 0 Å². The summed E-state index contributed by atoms with van der Waals surface area (Å²) in [5, 5.41) is 10.4. The Morgan fingerprint density at radius 1 is 1.38 bits per heavy atom. The van der Waals surface area contributed by atoms with E-state index in [2.05, 4.69) is 36.1 Å². The highest BCUT2D eigenvalue weighted by atomic mass is 19.4. The molecule has 0 fully saturated rings. The van der Waals surface area contributed by atoms with Gasteiger partial charge in [-0.15, -0.1) is 0 Å². The van der Waals surface area contributed by atoms with Crippen LogP contribution >= 0.6 is 0 Å². The first-order valence-electron chi connectivity index (χ1n) is 5.96. The number of anilines is 2. The Labute approximate surface area is 120 Å². The van der Waals surface area contributed by atoms with E-state index in [4.69, 9.17) is 15.6 Å². The summed E-state index contributed by atoms with van der Waals surface area (Å²) >= 11 is 0. The van der Waals surface area contributed by atoms with Gasteiger partial charge in [-0.25, -0.2) is 9.78 Å². The maximum absolute atomic E-state index is 10.6. The average molecular weight is 308 g/mol. The second-order valence-corrected chi connectivity index (χ2v) is 5.48. The van der Waals surface area contributed by atoms with Crippen molar-refractivity contribution in [3.63, 3.8) is 0 Å². The summed E-state index contributed by atoms with van der Waals surface area (Å²) in [7, 11) is 0. The molecule has 6 nitrogen and oxygen atoms in total. The molecule has 0 bridgehead atoms. The number of carbonyl (C=O) groups is 1. The molecule has 0 aliphatic carbocycles. The molecule has 0 saturated carbocycles. The number of nitrogen functional groups attached to an aromatic ring is 1. The third-order valence-electron chi connectivity index (χ3n) is 2.02. The number of alkyl halides is 3. The maximum Gasteiger partial charge on any atom is 0.490 e. The number of carboxylic acid groups (broad SMARTS) is 1. The Morgan fingerprint density at radius 2 is 1.86 bits per heavy atom. The summed E-state index contributed by atoms with van der Waals surface area (Å²) in [5.74, 6) is -1.62. The van der Waals surface area contributed by atoms with Gasteiger partial charge in [0.25, 0.3) is 0 Å². The zero-order valence-corrected chi connectivity index (χ0v) is 12.2. The molecule has 0 radical (unpaired) electrons. The fourth-order valence-corrected chi connectivity index (χ4v) is 0.984. The van der Waals surface area contributed by atoms with E-state index in [0.717, 1.165) is 17.9 Å². The molecular formula is C12H19F3N4O2. The number of aromatic nitrogens is 2. The first-order valence-corrected chi connectivity index (χ1v) is 5.96. The lowest BCUT2D eigenvalue weighted by Gasteiger charge is -2.19. The van der Waals surface area contributed by atoms with Gasteiger partial charge in [-0.3, -0.25) is 0 Å². The molecule has 1 aromatic rings. The van der Waals surface area contributed by atoms with Crippen molar-refractivity contribution in [1.29, 1.82) is 0 Å². The van der Waals surface area contributed by atoms with E-state index < -0.39 is 12.1 Å². The summed E-state index contributed by atoms with van der Waals surface area (Å²) in [4.78, 5) is 16.9. The second kappa shape index (κ2) is 7.09. The van der Waals surface area contributed by atoms with Crippen molar-refractivity contribution in [2.75, 3.05) is 17.6 Å². The SMILES string of the molecule is Cc1cnc(N)nc1NCC(C)(C)C.O=C(O)C(F)(F)F. The van der Waals surface area contributed by atoms with E-state index >= 15 is 0 Å². The van der Waals surface area contributed by atoms with Gasteiger partial charge in [0.15, 0.2) is 0 Å². The molecular weight excluding hydrogens is 289 g/mol. The number of hydrogen-bond acceptors (Lipinski definition) is 5. The lowest BCUT2D eigenvalue weighted by atomic mass is 9.97. The minimum Gasteiger partial charge on any atom is -0.475 e. The van der Waals surface area contributed by atoms with Crippen LogP contribution in [0.2, 0.25) is 0 Å². The Morgan fingerprint density at radius 3 is 2.24 bits per heavy atom. The highest BCUT2D eigenvalue weighted by Gasteiger charge is 2.38. The van der Waals surface area contributed by atoms with Crippen molar-refractivity contribution >= 4 is 17.7 Å². The van der Waals surface area contributed by atoms with E-state index in [0.29, 0.717) is 5.95 Å². The van der Waals surface area contributed by atoms with Crippen molar-refractivity contribution in [3.8, 4) is 0 Å². The monoisotopic (exact) mass is 308 g/mol. The number of nitrogens with one attached hydrogen (secondary N) is 1. The highest BCUT2D eigenvalue weighted by molar-refractivity contribution is 5.73. The normalized spacial score (nSPS) is 11.4. The molecule has 0 aromatic carbocycles. The molecule has 9 heteroatoms. The van der Waals surface area contributed by atoms with Gasteiger partial charge in [-0.05, 0) is 12.3 Å². The second-order valence-electron chi connectivity index (χ2n) is 5.48. The van der Waals surface area contributed by atoms with Crippen molar-refractivity contribution in [2.24, 2.45) is 5.41 Å². The Hall–Kier alpha value is -2.06. The molecule has 21 heavy (non-hydrogen) atoms. The average Bonchev–Trinajstić information content (AvgIpc) is 2.29. The zero-order chi connectivity index (χ0) is 16.8. The fourth-order valence-electron chi connectivity index (χ4n) is 0.984. The lowest BCUT2D eigenvalue weighted by Crippen LogP contribution is -2.21. The predicted octanol–water partition coefficient (Wildman–Crippen LogP) is 2.46. The number of hydrogen-bond donors (Lipinski definition) is 3. The summed E-state index contributed by atoms with van der Waals surface area (Å²) < 4.78 is 31.7. The Balaban J connectivity index is 0.000000486. The van der Waals surface area contributed by atoms with Crippen LogP contribution in [-0.4, -0.2) is 33.8 Å². The summed E-state index contributed by atoms with van der Waals surface area (Å²) in [6.07, 6.45) is -3.35. The number of aliphatic carboxylic acids is 1. The highest BCUT2D eigenvalue weighted by Crippen LogP contribution is 2.16. The molecule has 0 saturated heterocycles. The van der Waals surface area contributed by atoms with Gasteiger partial charge in [0.2, 0.25) is 5.95 Å². The van der Waals surface area contributed by atoms with Crippen LogP contribution in [0, 0.1) is 12.3 Å². The van der Waals surface area contributed by atoms with E-state index in [1.54, 1.807) is 6.20 Å². The van der Waals surface area contributed by atoms with Gasteiger partial charge in [0.05, 0.1) is 0 Å². The molecule has 0 spiro atoms. The molecule has 1 aromatic heterocycles. The van der Waals surface area contributed by atoms with Crippen molar-refractivity contribution in [1.82, 2.24) is 9.97 Å². The molecule has 0 amide bonds. The van der Waals surface area contributed by atoms with Crippen molar-refractivity contribution < 1.29 is 23.1 Å². The van der Waals surface area contributed by atoms with E-state index in [1.165, 1.54) is 0 Å². The first kappa shape index (κ1) is 18.9. The molecule has 0 aliphatic rings.